The van der Waals surface area contributed by atoms with Crippen molar-refractivity contribution in [1.82, 2.24) is 14.7 Å². The van der Waals surface area contributed by atoms with Crippen molar-refractivity contribution in [2.75, 3.05) is 17.7 Å². The predicted molar refractivity (Wildman–Crippen MR) is 149 cm³/mol. The number of aryl methyl sites for hydroxylation is 1. The summed E-state index contributed by atoms with van der Waals surface area (Å²) < 4.78 is 9.63. The SMILES string of the molecule is COc1ccc(C)cc1N(C(=O)c1snc(C(N)=O)c1N)C(C(=O)NC(C)(C)C)c1c[nH]c2ccccc12. The molecule has 198 valence electrons. The average Bonchev–Trinajstić information content (AvgIpc) is 3.44. The van der Waals surface area contributed by atoms with Crippen molar-refractivity contribution in [2.45, 2.75) is 39.3 Å². The smallest absolute Gasteiger partial charge is 0.273 e. The Balaban J connectivity index is 2.03. The van der Waals surface area contributed by atoms with Crippen LogP contribution < -0.4 is 26.4 Å². The molecule has 0 saturated carbocycles. The van der Waals surface area contributed by atoms with Crippen molar-refractivity contribution < 1.29 is 19.1 Å². The van der Waals surface area contributed by atoms with Crippen LogP contribution in [0, 0.1) is 6.92 Å². The first-order chi connectivity index (χ1) is 17.9. The van der Waals surface area contributed by atoms with Crippen molar-refractivity contribution in [1.29, 1.82) is 0 Å². The lowest BCUT2D eigenvalue weighted by Gasteiger charge is -2.34. The molecule has 0 bridgehead atoms. The van der Waals surface area contributed by atoms with Crippen LogP contribution in [-0.4, -0.2) is 39.7 Å². The van der Waals surface area contributed by atoms with Crippen LogP contribution >= 0.6 is 11.5 Å². The van der Waals surface area contributed by atoms with Gasteiger partial charge in [0.05, 0.1) is 18.5 Å². The Morgan fingerprint density at radius 3 is 2.50 bits per heavy atom. The molecule has 4 aromatic rings. The quantitative estimate of drug-likeness (QED) is 0.281. The summed E-state index contributed by atoms with van der Waals surface area (Å²) >= 11 is 0.749. The molecule has 11 heteroatoms. The van der Waals surface area contributed by atoms with Crippen molar-refractivity contribution in [2.24, 2.45) is 5.73 Å². The Labute approximate surface area is 224 Å². The number of rotatable bonds is 7. The van der Waals surface area contributed by atoms with Gasteiger partial charge in [0.2, 0.25) is 5.91 Å². The second kappa shape index (κ2) is 10.2. The zero-order chi connectivity index (χ0) is 27.8. The van der Waals surface area contributed by atoms with Crippen LogP contribution in [-0.2, 0) is 4.79 Å². The van der Waals surface area contributed by atoms with E-state index < -0.39 is 29.3 Å². The predicted octanol–water partition coefficient (Wildman–Crippen LogP) is 3.93. The lowest BCUT2D eigenvalue weighted by molar-refractivity contribution is -0.123. The third kappa shape index (κ3) is 5.05. The Kier molecular flexibility index (Phi) is 7.14. The number of primary amides is 1. The van der Waals surface area contributed by atoms with E-state index in [-0.39, 0.29) is 16.3 Å². The highest BCUT2D eigenvalue weighted by Crippen LogP contribution is 2.40. The third-order valence-corrected chi connectivity index (χ3v) is 6.74. The van der Waals surface area contributed by atoms with Crippen molar-refractivity contribution in [3.63, 3.8) is 0 Å². The summed E-state index contributed by atoms with van der Waals surface area (Å²) in [6, 6.07) is 11.7. The maximum Gasteiger partial charge on any atom is 0.273 e. The van der Waals surface area contributed by atoms with Gasteiger partial charge in [-0.05, 0) is 63.0 Å². The highest BCUT2D eigenvalue weighted by atomic mass is 32.1. The number of carbonyl (C=O) groups excluding carboxylic acids is 3. The van der Waals surface area contributed by atoms with Gasteiger partial charge in [-0.15, -0.1) is 0 Å². The number of aromatic nitrogens is 2. The van der Waals surface area contributed by atoms with Crippen LogP contribution in [0.4, 0.5) is 11.4 Å². The molecule has 3 amide bonds. The van der Waals surface area contributed by atoms with Crippen molar-refractivity contribution >= 4 is 51.5 Å². The fraction of sp³-hybridized carbons (Fsp3) is 0.259. The van der Waals surface area contributed by atoms with E-state index in [0.717, 1.165) is 28.0 Å². The molecule has 0 fully saturated rings. The molecule has 2 heterocycles. The van der Waals surface area contributed by atoms with Crippen molar-refractivity contribution in [3.05, 3.63) is 70.4 Å². The zero-order valence-corrected chi connectivity index (χ0v) is 22.6. The van der Waals surface area contributed by atoms with E-state index in [0.29, 0.717) is 17.0 Å². The Bertz CT molecular complexity index is 1530. The normalized spacial score (nSPS) is 12.2. The molecular weight excluding hydrogens is 504 g/mol. The van der Waals surface area contributed by atoms with Gasteiger partial charge >= 0.3 is 0 Å². The molecule has 1 atom stereocenters. The molecule has 6 N–H and O–H groups in total. The molecule has 10 nitrogen and oxygen atoms in total. The first kappa shape index (κ1) is 26.7. The maximum absolute atomic E-state index is 14.3. The van der Waals surface area contributed by atoms with Gasteiger partial charge in [-0.25, -0.2) is 0 Å². The number of hydrogen-bond donors (Lipinski definition) is 4. The number of fused-ring (bicyclic) bond motifs is 1. The number of amides is 3. The number of nitrogen functional groups attached to an aromatic ring is 1. The minimum absolute atomic E-state index is 0.0178. The summed E-state index contributed by atoms with van der Waals surface area (Å²) in [5, 5.41) is 3.78. The number of aromatic amines is 1. The van der Waals surface area contributed by atoms with Gasteiger partial charge < -0.3 is 26.5 Å². The number of anilines is 2. The van der Waals surface area contributed by atoms with Crippen LogP contribution in [0.15, 0.2) is 48.7 Å². The zero-order valence-electron chi connectivity index (χ0n) is 21.8. The summed E-state index contributed by atoms with van der Waals surface area (Å²) in [6.45, 7) is 7.44. The monoisotopic (exact) mass is 534 g/mol. The second-order valence-corrected chi connectivity index (χ2v) is 10.7. The molecule has 0 aliphatic heterocycles. The molecule has 38 heavy (non-hydrogen) atoms. The summed E-state index contributed by atoms with van der Waals surface area (Å²) in [4.78, 5) is 44.8. The average molecular weight is 535 g/mol. The summed E-state index contributed by atoms with van der Waals surface area (Å²) in [7, 11) is 1.49. The number of para-hydroxylation sites is 1. The fourth-order valence-corrected chi connectivity index (χ4v) is 4.99. The van der Waals surface area contributed by atoms with Crippen LogP contribution in [0.5, 0.6) is 5.75 Å². The van der Waals surface area contributed by atoms with Gasteiger partial charge in [-0.2, -0.15) is 4.37 Å². The number of ether oxygens (including phenoxy) is 1. The van der Waals surface area contributed by atoms with Gasteiger partial charge in [0.15, 0.2) is 5.69 Å². The number of methoxy groups -OCH3 is 1. The number of nitrogens with one attached hydrogen (secondary N) is 2. The van der Waals surface area contributed by atoms with E-state index in [1.54, 1.807) is 18.3 Å². The summed E-state index contributed by atoms with van der Waals surface area (Å²) in [5.41, 5.74) is 13.2. The Hall–Kier alpha value is -4.38. The molecule has 2 aromatic heterocycles. The van der Waals surface area contributed by atoms with E-state index in [2.05, 4.69) is 14.7 Å². The second-order valence-electron chi connectivity index (χ2n) is 9.92. The third-order valence-electron chi connectivity index (χ3n) is 5.89. The lowest BCUT2D eigenvalue weighted by atomic mass is 9.99. The number of nitrogens with zero attached hydrogens (tertiary/aromatic N) is 2. The highest BCUT2D eigenvalue weighted by Gasteiger charge is 2.39. The van der Waals surface area contributed by atoms with Gasteiger partial charge in [0.25, 0.3) is 11.8 Å². The fourth-order valence-electron chi connectivity index (χ4n) is 4.25. The topological polar surface area (TPSA) is 156 Å². The molecule has 2 aromatic carbocycles. The molecule has 4 rings (SSSR count). The number of hydrogen-bond acceptors (Lipinski definition) is 7. The molecule has 0 spiro atoms. The van der Waals surface area contributed by atoms with Crippen LogP contribution in [0.25, 0.3) is 10.9 Å². The molecule has 0 saturated heterocycles. The minimum Gasteiger partial charge on any atom is -0.495 e. The molecule has 1 unspecified atom stereocenters. The number of nitrogens with two attached hydrogens (primary N) is 2. The Morgan fingerprint density at radius 1 is 1.16 bits per heavy atom. The van der Waals surface area contributed by atoms with Gasteiger partial charge in [-0.1, -0.05) is 24.3 Å². The van der Waals surface area contributed by atoms with E-state index >= 15 is 0 Å². The van der Waals surface area contributed by atoms with E-state index in [1.165, 1.54) is 12.0 Å². The van der Waals surface area contributed by atoms with Crippen LogP contribution in [0.2, 0.25) is 0 Å². The largest absolute Gasteiger partial charge is 0.495 e. The molecule has 0 aliphatic carbocycles. The molecular formula is C27H30N6O4S. The molecule has 0 aliphatic rings. The van der Waals surface area contributed by atoms with E-state index in [1.807, 2.05) is 58.0 Å². The lowest BCUT2D eigenvalue weighted by Crippen LogP contribution is -2.49. The maximum atomic E-state index is 14.3. The molecule has 0 radical (unpaired) electrons. The standard InChI is InChI=1S/C27H30N6O4S/c1-14-10-11-19(37-5)18(12-14)33(26(36)23-20(28)21(24(29)34)32-38-23)22(25(35)31-27(2,3)4)16-13-30-17-9-7-6-8-15(16)17/h6-13,22,30H,28H2,1-5H3,(H2,29,34)(H,31,35). The number of carbonyl (C=O) groups is 3. The Morgan fingerprint density at radius 2 is 1.87 bits per heavy atom. The first-order valence-corrected chi connectivity index (χ1v) is 12.6. The number of H-pyrrole nitrogens is 1. The van der Waals surface area contributed by atoms with E-state index in [9.17, 15) is 14.4 Å². The van der Waals surface area contributed by atoms with Gasteiger partial charge in [0, 0.05) is 28.2 Å². The van der Waals surface area contributed by atoms with Gasteiger partial charge in [0.1, 0.15) is 16.7 Å². The van der Waals surface area contributed by atoms with Gasteiger partial charge in [-0.3, -0.25) is 19.3 Å². The minimum atomic E-state index is -1.15. The van der Waals surface area contributed by atoms with Crippen LogP contribution in [0.3, 0.4) is 0 Å². The number of benzene rings is 2. The first-order valence-electron chi connectivity index (χ1n) is 11.8. The highest BCUT2D eigenvalue weighted by molar-refractivity contribution is 7.09. The van der Waals surface area contributed by atoms with Crippen molar-refractivity contribution in [3.8, 4) is 5.75 Å². The summed E-state index contributed by atoms with van der Waals surface area (Å²) in [6.07, 6.45) is 1.71. The van der Waals surface area contributed by atoms with Crippen LogP contribution in [0.1, 0.15) is 58.1 Å². The summed E-state index contributed by atoms with van der Waals surface area (Å²) in [5.74, 6) is -1.53. The van der Waals surface area contributed by atoms with E-state index in [4.69, 9.17) is 16.2 Å².